The van der Waals surface area contributed by atoms with Gasteiger partial charge >= 0.3 is 5.97 Å². The van der Waals surface area contributed by atoms with E-state index in [1.165, 1.54) is 30.5 Å². The van der Waals surface area contributed by atoms with E-state index in [1.54, 1.807) is 43.3 Å². The Morgan fingerprint density at radius 3 is 2.45 bits per heavy atom. The second-order valence-electron chi connectivity index (χ2n) is 6.39. The largest absolute Gasteiger partial charge is 0.462 e. The fourth-order valence-electron chi connectivity index (χ4n) is 2.69. The second-order valence-corrected chi connectivity index (χ2v) is 6.39. The highest BCUT2D eigenvalue weighted by atomic mass is 16.6. The summed E-state index contributed by atoms with van der Waals surface area (Å²) >= 11 is 0. The lowest BCUT2D eigenvalue weighted by atomic mass is 10.1. The predicted molar refractivity (Wildman–Crippen MR) is 113 cm³/mol. The Bertz CT molecular complexity index is 1100. The number of hydrogen-bond acceptors (Lipinski definition) is 7. The monoisotopic (exact) mass is 421 g/mol. The van der Waals surface area contributed by atoms with Crippen LogP contribution in [0.25, 0.3) is 11.3 Å². The molecule has 1 N–H and O–H groups in total. The highest BCUT2D eigenvalue weighted by molar-refractivity contribution is 5.90. The van der Waals surface area contributed by atoms with E-state index < -0.39 is 4.92 Å². The maximum atomic E-state index is 12.0. The van der Waals surface area contributed by atoms with Crippen LogP contribution in [0.15, 0.2) is 70.2 Å². The van der Waals surface area contributed by atoms with Crippen LogP contribution in [0.5, 0.6) is 0 Å². The molecule has 0 aliphatic rings. The molecule has 3 rings (SSSR count). The van der Waals surface area contributed by atoms with Crippen molar-refractivity contribution in [1.29, 1.82) is 0 Å². The molecule has 2 aromatic carbocycles. The van der Waals surface area contributed by atoms with Gasteiger partial charge < -0.3 is 9.15 Å². The molecular formula is C22H19N3O6. The molecule has 9 nitrogen and oxygen atoms in total. The number of nitrogens with one attached hydrogen (secondary N) is 1. The number of rotatable bonds is 8. The Morgan fingerprint density at radius 2 is 1.81 bits per heavy atom. The van der Waals surface area contributed by atoms with Crippen molar-refractivity contribution in [3.8, 4) is 11.3 Å². The van der Waals surface area contributed by atoms with Crippen molar-refractivity contribution in [2.24, 2.45) is 5.10 Å². The topological polar surface area (TPSA) is 124 Å². The zero-order valence-corrected chi connectivity index (χ0v) is 16.6. The van der Waals surface area contributed by atoms with Crippen molar-refractivity contribution >= 4 is 23.8 Å². The molecule has 0 radical (unpaired) electrons. The summed E-state index contributed by atoms with van der Waals surface area (Å²) in [4.78, 5) is 33.8. The summed E-state index contributed by atoms with van der Waals surface area (Å²) in [6.07, 6.45) is 1.40. The number of esters is 1. The van der Waals surface area contributed by atoms with Crippen LogP contribution in [0.1, 0.15) is 28.6 Å². The third kappa shape index (κ3) is 5.86. The predicted octanol–water partition coefficient (Wildman–Crippen LogP) is 3.72. The molecule has 0 saturated carbocycles. The number of non-ortho nitro benzene ring substituents is 1. The quantitative estimate of drug-likeness (QED) is 0.256. The smallest absolute Gasteiger partial charge is 0.338 e. The molecule has 0 aliphatic heterocycles. The van der Waals surface area contributed by atoms with Crippen LogP contribution < -0.4 is 5.43 Å². The number of amides is 1. The van der Waals surface area contributed by atoms with Crippen molar-refractivity contribution < 1.29 is 23.7 Å². The molecule has 31 heavy (non-hydrogen) atoms. The van der Waals surface area contributed by atoms with Crippen LogP contribution in [0.2, 0.25) is 0 Å². The van der Waals surface area contributed by atoms with Gasteiger partial charge in [-0.1, -0.05) is 24.3 Å². The number of nitro benzene ring substituents is 1. The van der Waals surface area contributed by atoms with Crippen molar-refractivity contribution in [3.05, 3.63) is 87.7 Å². The minimum absolute atomic E-state index is 0.0333. The lowest BCUT2D eigenvalue weighted by molar-refractivity contribution is -0.384. The van der Waals surface area contributed by atoms with Gasteiger partial charge in [-0.2, -0.15) is 5.10 Å². The van der Waals surface area contributed by atoms with E-state index in [1.807, 2.05) is 0 Å². The minimum Gasteiger partial charge on any atom is -0.462 e. The van der Waals surface area contributed by atoms with Crippen LogP contribution >= 0.6 is 0 Å². The summed E-state index contributed by atoms with van der Waals surface area (Å²) in [5.41, 5.74) is 4.20. The first-order chi connectivity index (χ1) is 15.0. The standard InChI is InChI=1S/C22H19N3O6/c1-2-30-22(27)17-7-5-16(6-8-17)20-12-11-19(31-20)14-23-24-21(26)13-15-3-9-18(10-4-15)25(28)29/h3-12,14H,2,13H2,1H3,(H,24,26)/b23-14-. The number of hydrazone groups is 1. The van der Waals surface area contributed by atoms with E-state index in [4.69, 9.17) is 9.15 Å². The summed E-state index contributed by atoms with van der Waals surface area (Å²) in [5.74, 6) is 0.256. The molecule has 0 fully saturated rings. The molecule has 1 amide bonds. The van der Waals surface area contributed by atoms with Gasteiger partial charge in [-0.25, -0.2) is 10.2 Å². The first-order valence-electron chi connectivity index (χ1n) is 9.39. The average molecular weight is 421 g/mol. The third-order valence-corrected chi connectivity index (χ3v) is 4.20. The maximum Gasteiger partial charge on any atom is 0.338 e. The van der Waals surface area contributed by atoms with E-state index in [9.17, 15) is 19.7 Å². The zero-order valence-electron chi connectivity index (χ0n) is 16.6. The number of furan rings is 1. The lowest BCUT2D eigenvalue weighted by Crippen LogP contribution is -2.19. The third-order valence-electron chi connectivity index (χ3n) is 4.20. The molecule has 158 valence electrons. The Morgan fingerprint density at radius 1 is 1.10 bits per heavy atom. The van der Waals surface area contributed by atoms with E-state index >= 15 is 0 Å². The number of benzene rings is 2. The average Bonchev–Trinajstić information content (AvgIpc) is 3.23. The maximum absolute atomic E-state index is 12.0. The van der Waals surface area contributed by atoms with Gasteiger partial charge in [0, 0.05) is 17.7 Å². The van der Waals surface area contributed by atoms with Crippen molar-refractivity contribution in [1.82, 2.24) is 5.43 Å². The molecule has 0 atom stereocenters. The summed E-state index contributed by atoms with van der Waals surface area (Å²) in [7, 11) is 0. The van der Waals surface area contributed by atoms with Crippen LogP contribution in [0.3, 0.4) is 0 Å². The molecule has 0 bridgehead atoms. The van der Waals surface area contributed by atoms with E-state index in [0.29, 0.717) is 29.3 Å². The molecule has 9 heteroatoms. The van der Waals surface area contributed by atoms with Crippen LogP contribution in [0.4, 0.5) is 5.69 Å². The number of nitro groups is 1. The van der Waals surface area contributed by atoms with Gasteiger partial charge in [-0.15, -0.1) is 0 Å². The summed E-state index contributed by atoms with van der Waals surface area (Å²) in [5, 5.41) is 14.5. The fraction of sp³-hybridized carbons (Fsp3) is 0.136. The number of hydrogen-bond donors (Lipinski definition) is 1. The van der Waals surface area contributed by atoms with Crippen molar-refractivity contribution in [2.75, 3.05) is 6.61 Å². The molecule has 0 aliphatic carbocycles. The molecule has 3 aromatic rings. The van der Waals surface area contributed by atoms with Crippen molar-refractivity contribution in [2.45, 2.75) is 13.3 Å². The van der Waals surface area contributed by atoms with Gasteiger partial charge in [0.1, 0.15) is 11.5 Å². The van der Waals surface area contributed by atoms with Gasteiger partial charge in [0.25, 0.3) is 5.69 Å². The SMILES string of the molecule is CCOC(=O)c1ccc(-c2ccc(/C=N\NC(=O)Cc3ccc([N+](=O)[O-])cc3)o2)cc1. The Kier molecular flexibility index (Phi) is 6.89. The molecule has 1 heterocycles. The van der Waals surface area contributed by atoms with Gasteiger partial charge in [0.2, 0.25) is 5.91 Å². The minimum atomic E-state index is -0.499. The summed E-state index contributed by atoms with van der Waals surface area (Å²) < 4.78 is 10.6. The second kappa shape index (κ2) is 9.97. The number of carbonyl (C=O) groups is 2. The zero-order chi connectivity index (χ0) is 22.2. The molecule has 0 saturated heterocycles. The van der Waals surface area contributed by atoms with Crippen LogP contribution in [-0.2, 0) is 16.0 Å². The Labute approximate surface area is 177 Å². The number of nitrogens with zero attached hydrogens (tertiary/aromatic N) is 2. The van der Waals surface area contributed by atoms with E-state index in [-0.39, 0.29) is 24.0 Å². The lowest BCUT2D eigenvalue weighted by Gasteiger charge is -2.02. The normalized spacial score (nSPS) is 10.7. The van der Waals surface area contributed by atoms with Crippen LogP contribution in [-0.4, -0.2) is 29.6 Å². The Hall–Kier alpha value is -4.27. The van der Waals surface area contributed by atoms with Crippen molar-refractivity contribution in [3.63, 3.8) is 0 Å². The summed E-state index contributed by atoms with van der Waals surface area (Å²) in [6, 6.07) is 16.0. The molecule has 1 aromatic heterocycles. The number of carbonyl (C=O) groups excluding carboxylic acids is 2. The Balaban J connectivity index is 1.54. The van der Waals surface area contributed by atoms with Crippen LogP contribution in [0, 0.1) is 10.1 Å². The summed E-state index contributed by atoms with van der Waals surface area (Å²) in [6.45, 7) is 2.06. The molecular weight excluding hydrogens is 402 g/mol. The van der Waals surface area contributed by atoms with Gasteiger partial charge in [-0.3, -0.25) is 14.9 Å². The van der Waals surface area contributed by atoms with Gasteiger partial charge in [0.15, 0.2) is 0 Å². The number of ether oxygens (including phenoxy) is 1. The van der Waals surface area contributed by atoms with Gasteiger partial charge in [0.05, 0.1) is 29.7 Å². The van der Waals surface area contributed by atoms with Gasteiger partial charge in [-0.05, 0) is 36.8 Å². The van der Waals surface area contributed by atoms with E-state index in [0.717, 1.165) is 5.56 Å². The van der Waals surface area contributed by atoms with E-state index in [2.05, 4.69) is 10.5 Å². The molecule has 0 spiro atoms. The highest BCUT2D eigenvalue weighted by Crippen LogP contribution is 2.22. The fourth-order valence-corrected chi connectivity index (χ4v) is 2.69. The first-order valence-corrected chi connectivity index (χ1v) is 9.39. The highest BCUT2D eigenvalue weighted by Gasteiger charge is 2.09. The first kappa shape index (κ1) is 21.4. The molecule has 0 unspecified atom stereocenters.